The lowest BCUT2D eigenvalue weighted by molar-refractivity contribution is -0.120. The van der Waals surface area contributed by atoms with Crippen LogP contribution in [0.15, 0.2) is 58.7 Å². The Balaban J connectivity index is 1.70. The van der Waals surface area contributed by atoms with E-state index in [9.17, 15) is 13.2 Å². The van der Waals surface area contributed by atoms with Gasteiger partial charge in [-0.05, 0) is 30.5 Å². The third kappa shape index (κ3) is 4.60. The summed E-state index contributed by atoms with van der Waals surface area (Å²) in [6.07, 6.45) is 3.53. The summed E-state index contributed by atoms with van der Waals surface area (Å²) in [5, 5.41) is 11.4. The number of benzene rings is 1. The van der Waals surface area contributed by atoms with Gasteiger partial charge in [0.2, 0.25) is 15.9 Å². The summed E-state index contributed by atoms with van der Waals surface area (Å²) < 4.78 is 28.9. The lowest BCUT2D eigenvalue weighted by Gasteiger charge is -2.18. The van der Waals surface area contributed by atoms with Crippen LogP contribution >= 0.6 is 11.8 Å². The van der Waals surface area contributed by atoms with Gasteiger partial charge in [0, 0.05) is 25.3 Å². The van der Waals surface area contributed by atoms with Crippen LogP contribution in [0.4, 0.5) is 0 Å². The van der Waals surface area contributed by atoms with Crippen molar-refractivity contribution in [1.29, 1.82) is 0 Å². The fraction of sp³-hybridized carbons (Fsp3) is 0.381. The number of fused-ring (bicyclic) bond motifs is 1. The number of carbonyl (C=O) groups is 1. The highest BCUT2D eigenvalue weighted by atomic mass is 32.2. The summed E-state index contributed by atoms with van der Waals surface area (Å²) in [5.41, 5.74) is 1.38. The van der Waals surface area contributed by atoms with E-state index in [2.05, 4.69) is 15.5 Å². The predicted molar refractivity (Wildman–Crippen MR) is 119 cm³/mol. The zero-order chi connectivity index (χ0) is 22.0. The van der Waals surface area contributed by atoms with Crippen LogP contribution < -0.4 is 5.32 Å². The van der Waals surface area contributed by atoms with Crippen LogP contribution in [0.25, 0.3) is 5.65 Å². The van der Waals surface area contributed by atoms with Gasteiger partial charge >= 0.3 is 0 Å². The minimum Gasteiger partial charge on any atom is -0.352 e. The number of sulfonamides is 1. The molecule has 31 heavy (non-hydrogen) atoms. The molecule has 1 aromatic carbocycles. The van der Waals surface area contributed by atoms with Crippen molar-refractivity contribution in [2.45, 2.75) is 48.0 Å². The van der Waals surface area contributed by atoms with E-state index in [-0.39, 0.29) is 16.8 Å². The molecular weight excluding hydrogens is 434 g/mol. The smallest absolute Gasteiger partial charge is 0.244 e. The van der Waals surface area contributed by atoms with Crippen LogP contribution in [0.1, 0.15) is 37.5 Å². The Kier molecular flexibility index (Phi) is 6.31. The molecule has 1 atom stereocenters. The molecule has 0 aliphatic heterocycles. The van der Waals surface area contributed by atoms with Crippen LogP contribution in [0, 0.1) is 0 Å². The quantitative estimate of drug-likeness (QED) is 0.494. The molecule has 2 aromatic heterocycles. The first kappa shape index (κ1) is 21.8. The number of nitrogens with zero attached hydrogens (tertiary/aromatic N) is 4. The maximum atomic E-state index is 13.0. The van der Waals surface area contributed by atoms with Gasteiger partial charge in [-0.15, -0.1) is 10.2 Å². The second kappa shape index (κ2) is 8.97. The third-order valence-electron chi connectivity index (χ3n) is 5.17. The molecule has 10 heteroatoms. The van der Waals surface area contributed by atoms with Crippen molar-refractivity contribution in [3.8, 4) is 0 Å². The fourth-order valence-corrected chi connectivity index (χ4v) is 5.79. The normalized spacial score (nSPS) is 15.3. The summed E-state index contributed by atoms with van der Waals surface area (Å²) in [6, 6.07) is 12.9. The van der Waals surface area contributed by atoms with Crippen LogP contribution in [-0.4, -0.2) is 52.4 Å². The monoisotopic (exact) mass is 459 g/mol. The van der Waals surface area contributed by atoms with E-state index in [0.717, 1.165) is 18.4 Å². The Labute approximate surface area is 186 Å². The highest BCUT2D eigenvalue weighted by Crippen LogP contribution is 2.36. The minimum absolute atomic E-state index is 0.0811. The second-order valence-electron chi connectivity index (χ2n) is 7.36. The molecule has 4 rings (SSSR count). The Morgan fingerprint density at radius 1 is 1.16 bits per heavy atom. The summed E-state index contributed by atoms with van der Waals surface area (Å²) in [5.74, 6) is -0.0811. The van der Waals surface area contributed by atoms with Crippen molar-refractivity contribution in [2.24, 2.45) is 0 Å². The topological polar surface area (TPSA) is 96.7 Å². The van der Waals surface area contributed by atoms with Gasteiger partial charge in [-0.3, -0.25) is 9.20 Å². The number of carbonyl (C=O) groups excluding carboxylic acids is 1. The number of hydrogen-bond acceptors (Lipinski definition) is 6. The maximum absolute atomic E-state index is 13.0. The first-order chi connectivity index (χ1) is 14.9. The van der Waals surface area contributed by atoms with Crippen molar-refractivity contribution in [3.63, 3.8) is 0 Å². The molecule has 0 unspecified atom stereocenters. The van der Waals surface area contributed by atoms with E-state index in [1.165, 1.54) is 22.3 Å². The molecule has 8 nitrogen and oxygen atoms in total. The molecule has 3 aromatic rings. The van der Waals surface area contributed by atoms with E-state index < -0.39 is 15.3 Å². The Morgan fingerprint density at radius 2 is 1.87 bits per heavy atom. The van der Waals surface area contributed by atoms with E-state index in [1.54, 1.807) is 16.5 Å². The molecule has 0 spiro atoms. The zero-order valence-electron chi connectivity index (χ0n) is 17.4. The lowest BCUT2D eigenvalue weighted by Crippen LogP contribution is -2.30. The average molecular weight is 460 g/mol. The predicted octanol–water partition coefficient (Wildman–Crippen LogP) is 2.87. The van der Waals surface area contributed by atoms with E-state index in [1.807, 2.05) is 44.2 Å². The van der Waals surface area contributed by atoms with E-state index in [4.69, 9.17) is 0 Å². The summed E-state index contributed by atoms with van der Waals surface area (Å²) >= 11 is 1.26. The highest BCUT2D eigenvalue weighted by Gasteiger charge is 2.30. The molecule has 1 aliphatic rings. The Bertz CT molecular complexity index is 1170. The molecule has 1 amide bonds. The number of rotatable bonds is 9. The number of amides is 1. The molecule has 1 aliphatic carbocycles. The molecule has 1 saturated carbocycles. The fourth-order valence-electron chi connectivity index (χ4n) is 3.31. The molecule has 0 saturated heterocycles. The first-order valence-electron chi connectivity index (χ1n) is 10.3. The van der Waals surface area contributed by atoms with Crippen LogP contribution in [0.5, 0.6) is 0 Å². The standard InChI is InChI=1S/C21H25N5O3S2/c1-3-25(4-2)31(28,29)17-12-13-18-23-24-21(26(18)14-17)30-19(15-8-6-5-7-9-15)20(27)22-16-10-11-16/h5-9,12-14,16,19H,3-4,10-11H2,1-2H3,(H,22,27)/t19-/m1/s1. The summed E-state index contributed by atoms with van der Waals surface area (Å²) in [7, 11) is -3.62. The van der Waals surface area contributed by atoms with E-state index in [0.29, 0.717) is 23.9 Å². The molecular formula is C21H25N5O3S2. The van der Waals surface area contributed by atoms with Gasteiger partial charge in [0.05, 0.1) is 4.90 Å². The SMILES string of the molecule is CCN(CC)S(=O)(=O)c1ccc2nnc(S[C@@H](C(=O)NC3CC3)c3ccccc3)n2c1. The van der Waals surface area contributed by atoms with Crippen molar-refractivity contribution in [2.75, 3.05) is 13.1 Å². The number of pyridine rings is 1. The van der Waals surface area contributed by atoms with Crippen molar-refractivity contribution >= 4 is 33.3 Å². The van der Waals surface area contributed by atoms with Crippen molar-refractivity contribution in [1.82, 2.24) is 24.2 Å². The molecule has 0 bridgehead atoms. The average Bonchev–Trinajstić information content (AvgIpc) is 3.50. The van der Waals surface area contributed by atoms with Crippen LogP contribution in [-0.2, 0) is 14.8 Å². The summed E-state index contributed by atoms with van der Waals surface area (Å²) in [4.78, 5) is 13.1. The minimum atomic E-state index is -3.62. The summed E-state index contributed by atoms with van der Waals surface area (Å²) in [6.45, 7) is 4.39. The number of nitrogens with one attached hydrogen (secondary N) is 1. The second-order valence-corrected chi connectivity index (χ2v) is 10.4. The largest absolute Gasteiger partial charge is 0.352 e. The van der Waals surface area contributed by atoms with Gasteiger partial charge in [0.1, 0.15) is 5.25 Å². The number of hydrogen-bond donors (Lipinski definition) is 1. The van der Waals surface area contributed by atoms with Gasteiger partial charge in [-0.2, -0.15) is 4.31 Å². The van der Waals surface area contributed by atoms with Crippen LogP contribution in [0.2, 0.25) is 0 Å². The molecule has 2 heterocycles. The Hall–Kier alpha value is -2.43. The van der Waals surface area contributed by atoms with Gasteiger partial charge < -0.3 is 5.32 Å². The first-order valence-corrected chi connectivity index (χ1v) is 12.6. The van der Waals surface area contributed by atoms with Gasteiger partial charge in [0.25, 0.3) is 0 Å². The van der Waals surface area contributed by atoms with Crippen LogP contribution in [0.3, 0.4) is 0 Å². The maximum Gasteiger partial charge on any atom is 0.244 e. The Morgan fingerprint density at radius 3 is 2.52 bits per heavy atom. The van der Waals surface area contributed by atoms with Gasteiger partial charge in [-0.25, -0.2) is 8.42 Å². The number of thioether (sulfide) groups is 1. The molecule has 0 radical (unpaired) electrons. The van der Waals surface area contributed by atoms with Crippen molar-refractivity contribution in [3.05, 3.63) is 54.2 Å². The lowest BCUT2D eigenvalue weighted by atomic mass is 10.1. The van der Waals surface area contributed by atoms with Gasteiger partial charge in [0.15, 0.2) is 10.8 Å². The molecule has 164 valence electrons. The highest BCUT2D eigenvalue weighted by molar-refractivity contribution is 8.00. The zero-order valence-corrected chi connectivity index (χ0v) is 19.1. The van der Waals surface area contributed by atoms with Gasteiger partial charge in [-0.1, -0.05) is 55.9 Å². The third-order valence-corrected chi connectivity index (χ3v) is 8.42. The van der Waals surface area contributed by atoms with Crippen molar-refractivity contribution < 1.29 is 13.2 Å². The molecule has 1 fully saturated rings. The van der Waals surface area contributed by atoms with E-state index >= 15 is 0 Å². The molecule has 1 N–H and O–H groups in total. The number of aromatic nitrogens is 3.